The molecule has 1 rings (SSSR count). The minimum Gasteiger partial charge on any atom is -0.346 e. The second kappa shape index (κ2) is 5.90. The smallest absolute Gasteiger partial charge is 0.346 e. The van der Waals surface area contributed by atoms with Crippen LogP contribution < -0.4 is 5.32 Å². The Morgan fingerprint density at radius 2 is 1.94 bits per heavy atom. The van der Waals surface area contributed by atoms with Crippen LogP contribution in [0.25, 0.3) is 0 Å². The predicted octanol–water partition coefficient (Wildman–Crippen LogP) is 2.60. The lowest BCUT2D eigenvalue weighted by Gasteiger charge is -2.08. The molecule has 1 aromatic rings. The topological polar surface area (TPSA) is 29.1 Å². The lowest BCUT2D eigenvalue weighted by atomic mass is 10.3. The number of carbonyl (C=O) groups excluding carboxylic acids is 1. The molecule has 0 heterocycles. The molecular formula is C10H9F4NOS. The van der Waals surface area contributed by atoms with E-state index >= 15 is 0 Å². The first kappa shape index (κ1) is 13.8. The van der Waals surface area contributed by atoms with Gasteiger partial charge in [0.15, 0.2) is 0 Å². The highest BCUT2D eigenvalue weighted by atomic mass is 32.2. The maximum absolute atomic E-state index is 13.1. The van der Waals surface area contributed by atoms with E-state index in [1.807, 2.05) is 0 Å². The van der Waals surface area contributed by atoms with Gasteiger partial charge in [0.05, 0.1) is 5.75 Å². The van der Waals surface area contributed by atoms with Crippen molar-refractivity contribution in [2.45, 2.75) is 11.1 Å². The van der Waals surface area contributed by atoms with Crippen LogP contribution in [0.3, 0.4) is 0 Å². The number of hydrogen-bond donors (Lipinski definition) is 1. The van der Waals surface area contributed by atoms with Crippen LogP contribution >= 0.6 is 11.8 Å². The molecule has 0 aliphatic heterocycles. The Bertz CT molecular complexity index is 394. The van der Waals surface area contributed by atoms with Gasteiger partial charge in [-0.1, -0.05) is 12.1 Å². The van der Waals surface area contributed by atoms with Gasteiger partial charge in [-0.3, -0.25) is 4.79 Å². The van der Waals surface area contributed by atoms with Crippen molar-refractivity contribution in [1.29, 1.82) is 0 Å². The van der Waals surface area contributed by atoms with E-state index in [0.717, 1.165) is 11.8 Å². The Morgan fingerprint density at radius 3 is 2.53 bits per heavy atom. The highest BCUT2D eigenvalue weighted by Crippen LogP contribution is 2.20. The van der Waals surface area contributed by atoms with Crippen LogP contribution in [0.2, 0.25) is 0 Å². The number of alkyl halides is 3. The van der Waals surface area contributed by atoms with Gasteiger partial charge in [0.1, 0.15) is 12.4 Å². The van der Waals surface area contributed by atoms with E-state index < -0.39 is 24.4 Å². The molecule has 0 radical (unpaired) electrons. The van der Waals surface area contributed by atoms with Crippen LogP contribution in [-0.2, 0) is 4.79 Å². The van der Waals surface area contributed by atoms with Crippen molar-refractivity contribution in [3.05, 3.63) is 30.1 Å². The van der Waals surface area contributed by atoms with E-state index in [-0.39, 0.29) is 10.6 Å². The summed E-state index contributed by atoms with van der Waals surface area (Å²) in [7, 11) is 0. The Balaban J connectivity index is 2.36. The second-order valence-corrected chi connectivity index (χ2v) is 4.13. The van der Waals surface area contributed by atoms with Gasteiger partial charge in [-0.15, -0.1) is 11.8 Å². The van der Waals surface area contributed by atoms with Gasteiger partial charge in [-0.2, -0.15) is 13.2 Å². The SMILES string of the molecule is O=C(CSc1ccccc1F)NCC(F)(F)F. The molecule has 2 nitrogen and oxygen atoms in total. The number of benzene rings is 1. The summed E-state index contributed by atoms with van der Waals surface area (Å²) >= 11 is 0.851. The van der Waals surface area contributed by atoms with Crippen molar-refractivity contribution in [2.24, 2.45) is 0 Å². The maximum Gasteiger partial charge on any atom is 0.405 e. The molecule has 0 saturated carbocycles. The number of amides is 1. The fourth-order valence-electron chi connectivity index (χ4n) is 0.955. The van der Waals surface area contributed by atoms with Gasteiger partial charge < -0.3 is 5.32 Å². The normalized spacial score (nSPS) is 11.3. The summed E-state index contributed by atoms with van der Waals surface area (Å²) in [5.74, 6) is -1.53. The first-order valence-electron chi connectivity index (χ1n) is 4.59. The van der Waals surface area contributed by atoms with Crippen molar-refractivity contribution >= 4 is 17.7 Å². The van der Waals surface area contributed by atoms with Crippen LogP contribution in [0.4, 0.5) is 17.6 Å². The number of rotatable bonds is 4. The van der Waals surface area contributed by atoms with Crippen molar-refractivity contribution in [3.8, 4) is 0 Å². The minimum absolute atomic E-state index is 0.231. The van der Waals surface area contributed by atoms with E-state index in [1.54, 1.807) is 11.4 Å². The second-order valence-electron chi connectivity index (χ2n) is 3.11. The summed E-state index contributed by atoms with van der Waals surface area (Å²) < 4.78 is 48.4. The average molecular weight is 267 g/mol. The average Bonchev–Trinajstić information content (AvgIpc) is 2.24. The van der Waals surface area contributed by atoms with Crippen LogP contribution in [0.15, 0.2) is 29.2 Å². The van der Waals surface area contributed by atoms with Crippen LogP contribution in [0, 0.1) is 5.82 Å². The van der Waals surface area contributed by atoms with Gasteiger partial charge in [-0.25, -0.2) is 4.39 Å². The molecule has 7 heteroatoms. The molecule has 0 atom stereocenters. The third-order valence-electron chi connectivity index (χ3n) is 1.68. The molecule has 0 fully saturated rings. The Labute approximate surface area is 99.4 Å². The van der Waals surface area contributed by atoms with E-state index in [1.165, 1.54) is 18.2 Å². The summed E-state index contributed by atoms with van der Waals surface area (Å²) in [6.45, 7) is -1.37. The Morgan fingerprint density at radius 1 is 1.29 bits per heavy atom. The molecule has 0 spiro atoms. The standard InChI is InChI=1S/C10H9F4NOS/c11-7-3-1-2-4-8(7)17-5-9(16)15-6-10(12,13)14/h1-4H,5-6H2,(H,15,16). The Hall–Kier alpha value is -1.24. The lowest BCUT2D eigenvalue weighted by molar-refractivity contribution is -0.136. The van der Waals surface area contributed by atoms with Gasteiger partial charge >= 0.3 is 6.18 Å². The largest absolute Gasteiger partial charge is 0.405 e. The fraction of sp³-hybridized carbons (Fsp3) is 0.300. The van der Waals surface area contributed by atoms with E-state index in [4.69, 9.17) is 0 Å². The number of halogens is 4. The van der Waals surface area contributed by atoms with Gasteiger partial charge in [0.2, 0.25) is 5.91 Å². The summed E-state index contributed by atoms with van der Waals surface area (Å²) in [5.41, 5.74) is 0. The molecule has 0 unspecified atom stereocenters. The highest BCUT2D eigenvalue weighted by Gasteiger charge is 2.27. The first-order chi connectivity index (χ1) is 7.88. The zero-order valence-electron chi connectivity index (χ0n) is 8.55. The van der Waals surface area contributed by atoms with Gasteiger partial charge in [0, 0.05) is 4.90 Å². The van der Waals surface area contributed by atoms with Crippen molar-refractivity contribution in [2.75, 3.05) is 12.3 Å². The third kappa shape index (κ3) is 5.58. The zero-order valence-corrected chi connectivity index (χ0v) is 9.37. The highest BCUT2D eigenvalue weighted by molar-refractivity contribution is 8.00. The molecular weight excluding hydrogens is 258 g/mol. The molecule has 0 saturated heterocycles. The van der Waals surface area contributed by atoms with Crippen LogP contribution in [-0.4, -0.2) is 24.4 Å². The van der Waals surface area contributed by atoms with Crippen molar-refractivity contribution in [1.82, 2.24) is 5.32 Å². The number of thioether (sulfide) groups is 1. The lowest BCUT2D eigenvalue weighted by Crippen LogP contribution is -2.34. The third-order valence-corrected chi connectivity index (χ3v) is 2.73. The van der Waals surface area contributed by atoms with Crippen LogP contribution in [0.1, 0.15) is 0 Å². The quantitative estimate of drug-likeness (QED) is 0.671. The predicted molar refractivity (Wildman–Crippen MR) is 56.2 cm³/mol. The van der Waals surface area contributed by atoms with E-state index in [2.05, 4.69) is 0 Å². The molecule has 94 valence electrons. The summed E-state index contributed by atoms with van der Waals surface area (Å²) in [5, 5.41) is 1.71. The monoisotopic (exact) mass is 267 g/mol. The first-order valence-corrected chi connectivity index (χ1v) is 5.58. The molecule has 0 aliphatic rings. The molecule has 0 aliphatic carbocycles. The van der Waals surface area contributed by atoms with Crippen molar-refractivity contribution < 1.29 is 22.4 Å². The summed E-state index contributed by atoms with van der Waals surface area (Å²) in [6, 6.07) is 5.75. The molecule has 1 N–H and O–H groups in total. The van der Waals surface area contributed by atoms with E-state index in [9.17, 15) is 22.4 Å². The number of nitrogens with one attached hydrogen (secondary N) is 1. The van der Waals surface area contributed by atoms with Crippen molar-refractivity contribution in [3.63, 3.8) is 0 Å². The van der Waals surface area contributed by atoms with Gasteiger partial charge in [-0.05, 0) is 12.1 Å². The number of hydrogen-bond acceptors (Lipinski definition) is 2. The minimum atomic E-state index is -4.43. The summed E-state index contributed by atoms with van der Waals surface area (Å²) in [4.78, 5) is 11.3. The molecule has 1 amide bonds. The fourth-order valence-corrected chi connectivity index (χ4v) is 1.72. The summed E-state index contributed by atoms with van der Waals surface area (Å²) in [6.07, 6.45) is -4.43. The van der Waals surface area contributed by atoms with E-state index in [0.29, 0.717) is 0 Å². The number of carbonyl (C=O) groups is 1. The van der Waals surface area contributed by atoms with Gasteiger partial charge in [0.25, 0.3) is 0 Å². The maximum atomic E-state index is 13.1. The van der Waals surface area contributed by atoms with Crippen LogP contribution in [0.5, 0.6) is 0 Å². The Kier molecular flexibility index (Phi) is 4.80. The molecule has 0 bridgehead atoms. The molecule has 1 aromatic carbocycles. The molecule has 17 heavy (non-hydrogen) atoms. The zero-order chi connectivity index (χ0) is 12.9. The molecule has 0 aromatic heterocycles.